The largest absolute Gasteiger partial charge is 0.390 e. The lowest BCUT2D eigenvalue weighted by Crippen LogP contribution is -2.28. The van der Waals surface area contributed by atoms with E-state index in [2.05, 4.69) is 0 Å². The third-order valence-corrected chi connectivity index (χ3v) is 1.28. The van der Waals surface area contributed by atoms with Crippen LogP contribution < -0.4 is 0 Å². The summed E-state index contributed by atoms with van der Waals surface area (Å²) in [6.45, 7) is 0. The first kappa shape index (κ1) is 3.18. The van der Waals surface area contributed by atoms with Gasteiger partial charge in [-0.2, -0.15) is 0 Å². The summed E-state index contributed by atoms with van der Waals surface area (Å²) in [5.74, 6) is 0. The number of hydrogen-bond acceptors (Lipinski definition) is 2. The lowest BCUT2D eigenvalue weighted by molar-refractivity contribution is -0.00865. The molecule has 0 aromatic carbocycles. The smallest absolute Gasteiger partial charge is 0.0799 e. The SMILES string of the molecule is [2H]C1([2H])CC[C@@]([2H])(O)[C@@H](O)C1. The number of hydrogen-bond donors (Lipinski definition) is 2. The Morgan fingerprint density at radius 3 is 2.75 bits per heavy atom. The Bertz CT molecular complexity index is 158. The van der Waals surface area contributed by atoms with Gasteiger partial charge in [-0.1, -0.05) is 12.8 Å². The lowest BCUT2D eigenvalue weighted by atomic mass is 9.95. The molecule has 1 rings (SSSR count). The average molecular weight is 119 g/mol. The van der Waals surface area contributed by atoms with Crippen molar-refractivity contribution < 1.29 is 14.3 Å². The van der Waals surface area contributed by atoms with E-state index >= 15 is 0 Å². The molecule has 0 aromatic heterocycles. The molecule has 2 nitrogen and oxygen atoms in total. The zero-order chi connectivity index (χ0) is 8.70. The van der Waals surface area contributed by atoms with E-state index in [1.807, 2.05) is 0 Å². The van der Waals surface area contributed by atoms with Crippen molar-refractivity contribution in [3.05, 3.63) is 0 Å². The predicted octanol–water partition coefficient (Wildman–Crippen LogP) is 0.282. The van der Waals surface area contributed by atoms with Gasteiger partial charge < -0.3 is 10.2 Å². The van der Waals surface area contributed by atoms with Crippen LogP contribution in [0.2, 0.25) is 0 Å². The second-order valence-corrected chi connectivity index (χ2v) is 1.96. The minimum atomic E-state index is -1.84. The molecule has 1 aliphatic carbocycles. The monoisotopic (exact) mass is 119 g/mol. The van der Waals surface area contributed by atoms with Gasteiger partial charge in [0.15, 0.2) is 0 Å². The van der Waals surface area contributed by atoms with Crippen molar-refractivity contribution in [3.8, 4) is 0 Å². The van der Waals surface area contributed by atoms with Crippen LogP contribution in [0.5, 0.6) is 0 Å². The fourth-order valence-electron chi connectivity index (χ4n) is 0.740. The third kappa shape index (κ3) is 1.20. The van der Waals surface area contributed by atoms with Gasteiger partial charge in [-0.05, 0) is 12.8 Å². The zero-order valence-corrected chi connectivity index (χ0v) is 4.59. The normalized spacial score (nSPS) is 60.8. The summed E-state index contributed by atoms with van der Waals surface area (Å²) in [4.78, 5) is 0. The summed E-state index contributed by atoms with van der Waals surface area (Å²) >= 11 is 0. The molecular weight excluding hydrogens is 104 g/mol. The van der Waals surface area contributed by atoms with Crippen LogP contribution in [0.15, 0.2) is 0 Å². The molecule has 2 N–H and O–H groups in total. The molecule has 0 aromatic rings. The van der Waals surface area contributed by atoms with E-state index < -0.39 is 18.6 Å². The zero-order valence-electron chi connectivity index (χ0n) is 7.59. The van der Waals surface area contributed by atoms with Crippen LogP contribution in [-0.2, 0) is 0 Å². The first-order valence-corrected chi connectivity index (χ1v) is 2.74. The number of rotatable bonds is 0. The molecule has 2 atom stereocenters. The summed E-state index contributed by atoms with van der Waals surface area (Å²) in [7, 11) is 0. The molecule has 0 unspecified atom stereocenters. The van der Waals surface area contributed by atoms with E-state index in [0.29, 0.717) is 0 Å². The number of aliphatic hydroxyl groups excluding tert-OH is 1. The van der Waals surface area contributed by atoms with E-state index in [1.165, 1.54) is 0 Å². The summed E-state index contributed by atoms with van der Waals surface area (Å²) in [6.07, 6.45) is -4.53. The quantitative estimate of drug-likeness (QED) is 0.481. The van der Waals surface area contributed by atoms with Gasteiger partial charge in [0.2, 0.25) is 0 Å². The molecule has 0 aliphatic heterocycles. The highest BCUT2D eigenvalue weighted by molar-refractivity contribution is 4.72. The first-order chi connectivity index (χ1) is 4.83. The molecule has 0 spiro atoms. The van der Waals surface area contributed by atoms with E-state index in [4.69, 9.17) is 14.3 Å². The molecular formula is C6H12O2. The van der Waals surface area contributed by atoms with Gasteiger partial charge in [-0.15, -0.1) is 0 Å². The molecule has 0 saturated heterocycles. The molecule has 0 radical (unpaired) electrons. The Hall–Kier alpha value is -0.0800. The topological polar surface area (TPSA) is 40.5 Å². The Morgan fingerprint density at radius 2 is 2.25 bits per heavy atom. The summed E-state index contributed by atoms with van der Waals surface area (Å²) in [6, 6.07) is 0. The molecule has 48 valence electrons. The number of aliphatic hydroxyl groups is 2. The van der Waals surface area contributed by atoms with Crippen molar-refractivity contribution in [2.24, 2.45) is 0 Å². The van der Waals surface area contributed by atoms with Gasteiger partial charge in [0.25, 0.3) is 0 Å². The standard InChI is InChI=1S/C6H12O2/c7-5-3-1-2-4-6(5)8/h5-8H,1-4H2/t5-,6+/i1D2,6D/m0/s1. The van der Waals surface area contributed by atoms with Crippen LogP contribution >= 0.6 is 0 Å². The van der Waals surface area contributed by atoms with Gasteiger partial charge in [0.05, 0.1) is 13.6 Å². The minimum Gasteiger partial charge on any atom is -0.390 e. The Kier molecular flexibility index (Phi) is 0.980. The van der Waals surface area contributed by atoms with E-state index in [-0.39, 0.29) is 19.3 Å². The highest BCUT2D eigenvalue weighted by Crippen LogP contribution is 2.17. The molecule has 1 saturated carbocycles. The lowest BCUT2D eigenvalue weighted by Gasteiger charge is -2.22. The summed E-state index contributed by atoms with van der Waals surface area (Å²) in [5, 5.41) is 18.2. The van der Waals surface area contributed by atoms with Gasteiger partial charge in [-0.25, -0.2) is 0 Å². The predicted molar refractivity (Wildman–Crippen MR) is 30.5 cm³/mol. The highest BCUT2D eigenvalue weighted by Gasteiger charge is 2.19. The van der Waals surface area contributed by atoms with Crippen molar-refractivity contribution in [1.82, 2.24) is 0 Å². The third-order valence-electron chi connectivity index (χ3n) is 1.28. The van der Waals surface area contributed by atoms with Crippen LogP contribution in [0.1, 0.15) is 29.7 Å². The fraction of sp³-hybridized carbons (Fsp3) is 1.00. The second-order valence-electron chi connectivity index (χ2n) is 1.96. The molecule has 0 amide bonds. The van der Waals surface area contributed by atoms with Crippen molar-refractivity contribution in [2.45, 2.75) is 37.8 Å². The van der Waals surface area contributed by atoms with Gasteiger partial charge in [-0.3, -0.25) is 0 Å². The van der Waals surface area contributed by atoms with Crippen LogP contribution in [0.25, 0.3) is 0 Å². The maximum atomic E-state index is 9.13. The maximum Gasteiger partial charge on any atom is 0.0799 e. The van der Waals surface area contributed by atoms with Crippen molar-refractivity contribution in [2.75, 3.05) is 0 Å². The molecule has 1 aliphatic rings. The van der Waals surface area contributed by atoms with Gasteiger partial charge >= 0.3 is 0 Å². The maximum absolute atomic E-state index is 9.13. The van der Waals surface area contributed by atoms with Crippen LogP contribution in [0.3, 0.4) is 0 Å². The van der Waals surface area contributed by atoms with Crippen molar-refractivity contribution >= 4 is 0 Å². The fourth-order valence-corrected chi connectivity index (χ4v) is 0.740. The van der Waals surface area contributed by atoms with Crippen LogP contribution in [-0.4, -0.2) is 22.4 Å². The van der Waals surface area contributed by atoms with E-state index in [9.17, 15) is 0 Å². The Morgan fingerprint density at radius 1 is 1.50 bits per heavy atom. The van der Waals surface area contributed by atoms with Crippen molar-refractivity contribution in [1.29, 1.82) is 0 Å². The highest BCUT2D eigenvalue weighted by atomic mass is 16.3. The Balaban J connectivity index is 2.63. The minimum absolute atomic E-state index is 0.00116. The van der Waals surface area contributed by atoms with E-state index in [0.717, 1.165) is 0 Å². The van der Waals surface area contributed by atoms with E-state index in [1.54, 1.807) is 0 Å². The molecule has 1 fully saturated rings. The Labute approximate surface area is 53.4 Å². The molecule has 0 bridgehead atoms. The van der Waals surface area contributed by atoms with Gasteiger partial charge in [0.1, 0.15) is 0 Å². The summed E-state index contributed by atoms with van der Waals surface area (Å²) in [5.41, 5.74) is 0. The molecule has 2 heteroatoms. The summed E-state index contributed by atoms with van der Waals surface area (Å²) < 4.78 is 21.6. The van der Waals surface area contributed by atoms with Crippen LogP contribution in [0, 0.1) is 0 Å². The second kappa shape index (κ2) is 2.46. The van der Waals surface area contributed by atoms with Gasteiger partial charge in [0, 0.05) is 2.74 Å². The van der Waals surface area contributed by atoms with Crippen molar-refractivity contribution in [3.63, 3.8) is 0 Å². The van der Waals surface area contributed by atoms with Crippen LogP contribution in [0.4, 0.5) is 0 Å². The molecule has 0 heterocycles. The first-order valence-electron chi connectivity index (χ1n) is 4.24. The molecule has 8 heavy (non-hydrogen) atoms. The average Bonchev–Trinajstić information content (AvgIpc) is 1.81.